The summed E-state index contributed by atoms with van der Waals surface area (Å²) in [6, 6.07) is 75.4. The standard InChI is InChI=1S/C61H41N5/c1-61(2)50-27-14-12-23-45(50)46-34-33-42(37-51(46)61)60-64-58(40-19-8-4-9-20-40)63-59(65-60)41-31-29-38(30-32-41)44-25-16-26-48-54-49(56(62-57(44)48)39-17-6-3-7-18-39)35-36-53-55(54)47-24-13-15-28-52(47)66(53)43-21-10-5-11-22-43/h3-37H,1-2H3. The van der Waals surface area contributed by atoms with Crippen LogP contribution in [0.4, 0.5) is 0 Å². The normalized spacial score (nSPS) is 12.8. The summed E-state index contributed by atoms with van der Waals surface area (Å²) in [7, 11) is 0. The van der Waals surface area contributed by atoms with E-state index in [1.54, 1.807) is 0 Å². The van der Waals surface area contributed by atoms with Crippen LogP contribution in [-0.2, 0) is 5.41 Å². The Balaban J connectivity index is 0.982. The second kappa shape index (κ2) is 14.8. The van der Waals surface area contributed by atoms with E-state index in [1.165, 1.54) is 43.9 Å². The van der Waals surface area contributed by atoms with Gasteiger partial charge in [0.2, 0.25) is 0 Å². The molecule has 1 aliphatic rings. The highest BCUT2D eigenvalue weighted by atomic mass is 15.0. The van der Waals surface area contributed by atoms with Crippen LogP contribution in [0.25, 0.3) is 117 Å². The molecule has 9 aromatic carbocycles. The number of fused-ring (bicyclic) bond motifs is 10. The molecule has 66 heavy (non-hydrogen) atoms. The highest BCUT2D eigenvalue weighted by Crippen LogP contribution is 2.50. The van der Waals surface area contributed by atoms with E-state index in [9.17, 15) is 0 Å². The molecule has 0 atom stereocenters. The van der Waals surface area contributed by atoms with Gasteiger partial charge in [0, 0.05) is 65.9 Å². The molecule has 3 heterocycles. The molecule has 3 aromatic heterocycles. The molecule has 0 spiro atoms. The summed E-state index contributed by atoms with van der Waals surface area (Å²) < 4.78 is 2.39. The molecule has 5 heteroatoms. The lowest BCUT2D eigenvalue weighted by Gasteiger charge is -2.21. The Morgan fingerprint density at radius 1 is 0.348 bits per heavy atom. The van der Waals surface area contributed by atoms with Crippen molar-refractivity contribution in [3.05, 3.63) is 223 Å². The molecule has 0 unspecified atom stereocenters. The Kier molecular flexibility index (Phi) is 8.49. The van der Waals surface area contributed by atoms with E-state index in [-0.39, 0.29) is 5.41 Å². The molecule has 1 aliphatic carbocycles. The molecule has 0 bridgehead atoms. The van der Waals surface area contributed by atoms with Gasteiger partial charge in [-0.15, -0.1) is 0 Å². The molecule has 12 aromatic rings. The molecule has 0 saturated carbocycles. The van der Waals surface area contributed by atoms with E-state index in [2.05, 4.69) is 213 Å². The number of pyridine rings is 1. The average Bonchev–Trinajstić information content (AvgIpc) is 3.84. The summed E-state index contributed by atoms with van der Waals surface area (Å²) >= 11 is 0. The smallest absolute Gasteiger partial charge is 0.164 e. The molecule has 13 rings (SSSR count). The summed E-state index contributed by atoms with van der Waals surface area (Å²) in [5.74, 6) is 1.91. The van der Waals surface area contributed by atoms with Crippen LogP contribution in [0.5, 0.6) is 0 Å². The SMILES string of the molecule is CC1(C)c2ccccc2-c2ccc(-c3nc(-c4ccccc4)nc(-c4ccc(-c5cccc6c5nc(-c5ccccc5)c5ccc7c(c8ccccc8n7-c7ccccc7)c56)cc4)n3)cc21. The monoisotopic (exact) mass is 843 g/mol. The molecule has 0 amide bonds. The molecule has 310 valence electrons. The van der Waals surface area contributed by atoms with Gasteiger partial charge in [-0.05, 0) is 58.1 Å². The topological polar surface area (TPSA) is 56.5 Å². The minimum absolute atomic E-state index is 0.145. The lowest BCUT2D eigenvalue weighted by atomic mass is 9.82. The van der Waals surface area contributed by atoms with E-state index < -0.39 is 0 Å². The van der Waals surface area contributed by atoms with Gasteiger partial charge in [-0.25, -0.2) is 19.9 Å². The van der Waals surface area contributed by atoms with E-state index in [1.807, 2.05) is 18.2 Å². The zero-order valence-corrected chi connectivity index (χ0v) is 36.4. The number of hydrogen-bond donors (Lipinski definition) is 0. The van der Waals surface area contributed by atoms with Gasteiger partial charge in [0.15, 0.2) is 17.5 Å². The highest BCUT2D eigenvalue weighted by Gasteiger charge is 2.35. The molecule has 5 nitrogen and oxygen atoms in total. The van der Waals surface area contributed by atoms with Crippen LogP contribution in [0.1, 0.15) is 25.0 Å². The molecule has 0 fully saturated rings. The summed E-state index contributed by atoms with van der Waals surface area (Å²) in [6.45, 7) is 4.61. The highest BCUT2D eigenvalue weighted by molar-refractivity contribution is 6.30. The molecule has 0 saturated heterocycles. The largest absolute Gasteiger partial charge is 0.309 e. The van der Waals surface area contributed by atoms with Gasteiger partial charge in [-0.2, -0.15) is 0 Å². The van der Waals surface area contributed by atoms with Crippen molar-refractivity contribution >= 4 is 43.5 Å². The first-order valence-corrected chi connectivity index (χ1v) is 22.6. The van der Waals surface area contributed by atoms with Crippen molar-refractivity contribution in [2.45, 2.75) is 19.3 Å². The quantitative estimate of drug-likeness (QED) is 0.156. The van der Waals surface area contributed by atoms with Gasteiger partial charge < -0.3 is 4.57 Å². The first kappa shape index (κ1) is 38.0. The van der Waals surface area contributed by atoms with Crippen LogP contribution in [-0.4, -0.2) is 24.5 Å². The van der Waals surface area contributed by atoms with Crippen LogP contribution in [0.3, 0.4) is 0 Å². The van der Waals surface area contributed by atoms with Crippen LogP contribution in [0, 0.1) is 0 Å². The minimum Gasteiger partial charge on any atom is -0.309 e. The Morgan fingerprint density at radius 2 is 0.909 bits per heavy atom. The number of benzene rings is 9. The number of aromatic nitrogens is 5. The summed E-state index contributed by atoms with van der Waals surface area (Å²) in [5.41, 5.74) is 16.4. The van der Waals surface area contributed by atoms with Crippen molar-refractivity contribution in [2.24, 2.45) is 0 Å². The van der Waals surface area contributed by atoms with Crippen LogP contribution in [0.15, 0.2) is 212 Å². The molecule has 0 N–H and O–H groups in total. The van der Waals surface area contributed by atoms with E-state index in [0.717, 1.165) is 66.6 Å². The first-order chi connectivity index (χ1) is 32.5. The van der Waals surface area contributed by atoms with E-state index in [4.69, 9.17) is 19.9 Å². The Bertz CT molecular complexity index is 3870. The van der Waals surface area contributed by atoms with Crippen molar-refractivity contribution in [1.82, 2.24) is 24.5 Å². The van der Waals surface area contributed by atoms with Crippen molar-refractivity contribution in [3.63, 3.8) is 0 Å². The summed E-state index contributed by atoms with van der Waals surface area (Å²) in [5, 5.41) is 5.87. The van der Waals surface area contributed by atoms with Crippen LogP contribution in [0.2, 0.25) is 0 Å². The third-order valence-corrected chi connectivity index (χ3v) is 13.6. The lowest BCUT2D eigenvalue weighted by molar-refractivity contribution is 0.660. The van der Waals surface area contributed by atoms with Gasteiger partial charge in [0.05, 0.1) is 22.2 Å². The zero-order chi connectivity index (χ0) is 43.9. The Morgan fingerprint density at radius 3 is 1.67 bits per heavy atom. The summed E-state index contributed by atoms with van der Waals surface area (Å²) in [4.78, 5) is 21.0. The second-order valence-corrected chi connectivity index (χ2v) is 17.8. The third kappa shape index (κ3) is 5.87. The maximum Gasteiger partial charge on any atom is 0.164 e. The van der Waals surface area contributed by atoms with Crippen molar-refractivity contribution < 1.29 is 0 Å². The fourth-order valence-electron chi connectivity index (χ4n) is 10.5. The molecule has 0 aliphatic heterocycles. The third-order valence-electron chi connectivity index (χ3n) is 13.6. The lowest BCUT2D eigenvalue weighted by Crippen LogP contribution is -2.15. The first-order valence-electron chi connectivity index (χ1n) is 22.6. The maximum atomic E-state index is 5.58. The summed E-state index contributed by atoms with van der Waals surface area (Å²) in [6.07, 6.45) is 0. The minimum atomic E-state index is -0.145. The number of nitrogens with zero attached hydrogens (tertiary/aromatic N) is 5. The number of hydrogen-bond acceptors (Lipinski definition) is 4. The van der Waals surface area contributed by atoms with Crippen LogP contribution >= 0.6 is 0 Å². The van der Waals surface area contributed by atoms with Crippen LogP contribution < -0.4 is 0 Å². The Hall–Kier alpha value is -8.54. The fraction of sp³-hybridized carbons (Fsp3) is 0.0492. The van der Waals surface area contributed by atoms with Crippen molar-refractivity contribution in [2.75, 3.05) is 0 Å². The predicted octanol–water partition coefficient (Wildman–Crippen LogP) is 15.3. The predicted molar refractivity (Wildman–Crippen MR) is 272 cm³/mol. The second-order valence-electron chi connectivity index (χ2n) is 17.8. The Labute approximate surface area is 382 Å². The average molecular weight is 844 g/mol. The van der Waals surface area contributed by atoms with Gasteiger partial charge in [-0.1, -0.05) is 196 Å². The van der Waals surface area contributed by atoms with Crippen molar-refractivity contribution in [3.8, 4) is 73.4 Å². The molecule has 0 radical (unpaired) electrons. The molecular weight excluding hydrogens is 803 g/mol. The van der Waals surface area contributed by atoms with E-state index >= 15 is 0 Å². The van der Waals surface area contributed by atoms with E-state index in [0.29, 0.717) is 17.5 Å². The fourth-order valence-corrected chi connectivity index (χ4v) is 10.5. The number of para-hydroxylation sites is 3. The molecular formula is C61H41N5. The number of rotatable bonds is 6. The van der Waals surface area contributed by atoms with Gasteiger partial charge in [0.1, 0.15) is 0 Å². The maximum absolute atomic E-state index is 5.58. The van der Waals surface area contributed by atoms with Gasteiger partial charge >= 0.3 is 0 Å². The van der Waals surface area contributed by atoms with Crippen molar-refractivity contribution in [1.29, 1.82) is 0 Å². The zero-order valence-electron chi connectivity index (χ0n) is 36.4. The van der Waals surface area contributed by atoms with Gasteiger partial charge in [0.25, 0.3) is 0 Å². The van der Waals surface area contributed by atoms with Gasteiger partial charge in [-0.3, -0.25) is 0 Å².